The highest BCUT2D eigenvalue weighted by Crippen LogP contribution is 2.30. The largest absolute Gasteiger partial charge is 0.493 e. The lowest BCUT2D eigenvalue weighted by Gasteiger charge is -2.18. The second-order valence-electron chi connectivity index (χ2n) is 4.86. The number of carboxylic acid groups (broad SMARTS) is 1. The average molecular weight is 266 g/mol. The van der Waals surface area contributed by atoms with Crippen molar-refractivity contribution in [2.45, 2.75) is 20.3 Å². The van der Waals surface area contributed by atoms with Crippen molar-refractivity contribution in [1.29, 1.82) is 0 Å². The molecule has 0 spiro atoms. The number of aliphatic carboxylic acids is 1. The third-order valence-corrected chi connectivity index (χ3v) is 2.89. The Balaban J connectivity index is 2.98. The second kappa shape index (κ2) is 5.73. The maximum absolute atomic E-state index is 12.1. The summed E-state index contributed by atoms with van der Waals surface area (Å²) in [7, 11) is 2.99. The Morgan fingerprint density at radius 3 is 2.21 bits per heavy atom. The first-order valence-corrected chi connectivity index (χ1v) is 5.80. The Morgan fingerprint density at radius 2 is 1.74 bits per heavy atom. The molecule has 1 rings (SSSR count). The lowest BCUT2D eigenvalue weighted by atomic mass is 9.85. The molecule has 0 radical (unpaired) electrons. The van der Waals surface area contributed by atoms with Crippen molar-refractivity contribution in [3.8, 4) is 11.5 Å². The molecule has 0 saturated heterocycles. The van der Waals surface area contributed by atoms with Gasteiger partial charge in [0.15, 0.2) is 17.3 Å². The predicted octanol–water partition coefficient (Wildman–Crippen LogP) is 2.39. The quantitative estimate of drug-likeness (QED) is 0.800. The van der Waals surface area contributed by atoms with E-state index in [4.69, 9.17) is 14.6 Å². The number of rotatable bonds is 6. The van der Waals surface area contributed by atoms with Crippen LogP contribution in [0.15, 0.2) is 18.2 Å². The molecule has 0 unspecified atom stereocenters. The van der Waals surface area contributed by atoms with Crippen molar-refractivity contribution in [3.63, 3.8) is 0 Å². The lowest BCUT2D eigenvalue weighted by Crippen LogP contribution is -2.26. The van der Waals surface area contributed by atoms with Gasteiger partial charge in [-0.15, -0.1) is 0 Å². The Morgan fingerprint density at radius 1 is 1.16 bits per heavy atom. The number of carboxylic acids is 1. The molecule has 0 fully saturated rings. The van der Waals surface area contributed by atoms with Crippen LogP contribution in [0, 0.1) is 5.41 Å². The monoisotopic (exact) mass is 266 g/mol. The summed E-state index contributed by atoms with van der Waals surface area (Å²) in [5.74, 6) is -0.271. The van der Waals surface area contributed by atoms with E-state index in [-0.39, 0.29) is 12.2 Å². The standard InChI is InChI=1S/C14H18O5/c1-14(2,13(16)17)8-10(15)9-5-6-11(18-3)12(7-9)19-4/h5-7H,8H2,1-4H3,(H,16,17). The molecule has 0 aromatic heterocycles. The van der Waals surface area contributed by atoms with Gasteiger partial charge in [0.05, 0.1) is 19.6 Å². The van der Waals surface area contributed by atoms with E-state index in [9.17, 15) is 9.59 Å². The molecule has 19 heavy (non-hydrogen) atoms. The van der Waals surface area contributed by atoms with Crippen LogP contribution >= 0.6 is 0 Å². The predicted molar refractivity (Wildman–Crippen MR) is 69.9 cm³/mol. The van der Waals surface area contributed by atoms with Gasteiger partial charge in [0.25, 0.3) is 0 Å². The summed E-state index contributed by atoms with van der Waals surface area (Å²) in [5, 5.41) is 9.02. The topological polar surface area (TPSA) is 72.8 Å². The first-order valence-electron chi connectivity index (χ1n) is 5.80. The third-order valence-electron chi connectivity index (χ3n) is 2.89. The highest BCUT2D eigenvalue weighted by Gasteiger charge is 2.30. The molecule has 0 atom stereocenters. The summed E-state index contributed by atoms with van der Waals surface area (Å²) in [5.41, 5.74) is -0.684. The highest BCUT2D eigenvalue weighted by molar-refractivity contribution is 5.99. The van der Waals surface area contributed by atoms with Gasteiger partial charge in [-0.3, -0.25) is 9.59 Å². The Kier molecular flexibility index (Phi) is 4.53. The molecule has 0 saturated carbocycles. The normalized spacial score (nSPS) is 10.9. The molecular formula is C14H18O5. The van der Waals surface area contributed by atoms with Gasteiger partial charge < -0.3 is 14.6 Å². The zero-order valence-electron chi connectivity index (χ0n) is 11.5. The highest BCUT2D eigenvalue weighted by atomic mass is 16.5. The Bertz CT molecular complexity index is 491. The number of carbonyl (C=O) groups excluding carboxylic acids is 1. The Labute approximate surface area is 112 Å². The first kappa shape index (κ1) is 15.0. The van der Waals surface area contributed by atoms with Gasteiger partial charge in [-0.05, 0) is 32.0 Å². The van der Waals surface area contributed by atoms with Crippen LogP contribution in [0.5, 0.6) is 11.5 Å². The summed E-state index contributed by atoms with van der Waals surface area (Å²) in [6.07, 6.45) is -0.0716. The van der Waals surface area contributed by atoms with Gasteiger partial charge in [-0.25, -0.2) is 0 Å². The minimum Gasteiger partial charge on any atom is -0.493 e. The summed E-state index contributed by atoms with van der Waals surface area (Å²) in [4.78, 5) is 23.1. The van der Waals surface area contributed by atoms with Crippen molar-refractivity contribution in [1.82, 2.24) is 0 Å². The number of hydrogen-bond donors (Lipinski definition) is 1. The first-order chi connectivity index (χ1) is 8.81. The minimum absolute atomic E-state index is 0.0716. The molecule has 5 nitrogen and oxygen atoms in total. The van der Waals surface area contributed by atoms with Crippen LogP contribution in [0.4, 0.5) is 0 Å². The molecule has 1 aromatic rings. The molecule has 0 aliphatic rings. The van der Waals surface area contributed by atoms with E-state index >= 15 is 0 Å². The Hall–Kier alpha value is -2.04. The van der Waals surface area contributed by atoms with Crippen LogP contribution in [-0.2, 0) is 4.79 Å². The zero-order valence-corrected chi connectivity index (χ0v) is 11.5. The van der Waals surface area contributed by atoms with E-state index in [1.54, 1.807) is 18.2 Å². The number of ether oxygens (including phenoxy) is 2. The molecule has 1 aromatic carbocycles. The SMILES string of the molecule is COc1ccc(C(=O)CC(C)(C)C(=O)O)cc1OC. The average Bonchev–Trinajstić information content (AvgIpc) is 2.37. The van der Waals surface area contributed by atoms with E-state index in [0.717, 1.165) is 0 Å². The fraction of sp³-hybridized carbons (Fsp3) is 0.429. The van der Waals surface area contributed by atoms with Crippen LogP contribution < -0.4 is 9.47 Å². The maximum atomic E-state index is 12.1. The van der Waals surface area contributed by atoms with E-state index in [1.165, 1.54) is 28.1 Å². The molecule has 0 amide bonds. The van der Waals surface area contributed by atoms with Crippen molar-refractivity contribution in [2.24, 2.45) is 5.41 Å². The van der Waals surface area contributed by atoms with Gasteiger partial charge in [0.2, 0.25) is 0 Å². The summed E-state index contributed by atoms with van der Waals surface area (Å²) in [6, 6.07) is 4.78. The van der Waals surface area contributed by atoms with Crippen LogP contribution in [0.1, 0.15) is 30.6 Å². The van der Waals surface area contributed by atoms with E-state index < -0.39 is 11.4 Å². The van der Waals surface area contributed by atoms with Gasteiger partial charge in [0.1, 0.15) is 0 Å². The fourth-order valence-electron chi connectivity index (χ4n) is 1.59. The summed E-state index contributed by atoms with van der Waals surface area (Å²) < 4.78 is 10.2. The van der Waals surface area contributed by atoms with Crippen molar-refractivity contribution in [2.75, 3.05) is 14.2 Å². The van der Waals surface area contributed by atoms with Gasteiger partial charge in [-0.1, -0.05) is 0 Å². The fourth-order valence-corrected chi connectivity index (χ4v) is 1.59. The molecule has 5 heteroatoms. The van der Waals surface area contributed by atoms with E-state index in [0.29, 0.717) is 17.1 Å². The van der Waals surface area contributed by atoms with Gasteiger partial charge >= 0.3 is 5.97 Å². The summed E-state index contributed by atoms with van der Waals surface area (Å²) in [6.45, 7) is 3.04. The van der Waals surface area contributed by atoms with Gasteiger partial charge in [0, 0.05) is 12.0 Å². The molecule has 104 valence electrons. The second-order valence-corrected chi connectivity index (χ2v) is 4.86. The lowest BCUT2D eigenvalue weighted by molar-refractivity contribution is -0.146. The van der Waals surface area contributed by atoms with Crippen molar-refractivity contribution in [3.05, 3.63) is 23.8 Å². The molecular weight excluding hydrogens is 248 g/mol. The van der Waals surface area contributed by atoms with Crippen LogP contribution in [0.2, 0.25) is 0 Å². The minimum atomic E-state index is -1.09. The smallest absolute Gasteiger partial charge is 0.309 e. The number of Topliss-reactive ketones (excluding diaryl/α,β-unsaturated/α-hetero) is 1. The maximum Gasteiger partial charge on any atom is 0.309 e. The van der Waals surface area contributed by atoms with Crippen molar-refractivity contribution < 1.29 is 24.2 Å². The van der Waals surface area contributed by atoms with Crippen LogP contribution in [0.25, 0.3) is 0 Å². The zero-order chi connectivity index (χ0) is 14.6. The molecule has 0 aliphatic carbocycles. The molecule has 0 bridgehead atoms. The number of hydrogen-bond acceptors (Lipinski definition) is 4. The molecule has 1 N–H and O–H groups in total. The van der Waals surface area contributed by atoms with Crippen LogP contribution in [-0.4, -0.2) is 31.1 Å². The van der Waals surface area contributed by atoms with Gasteiger partial charge in [-0.2, -0.15) is 0 Å². The third kappa shape index (κ3) is 3.47. The van der Waals surface area contributed by atoms with E-state index in [2.05, 4.69) is 0 Å². The van der Waals surface area contributed by atoms with Crippen LogP contribution in [0.3, 0.4) is 0 Å². The molecule has 0 heterocycles. The number of ketones is 1. The van der Waals surface area contributed by atoms with Crippen molar-refractivity contribution >= 4 is 11.8 Å². The summed E-state index contributed by atoms with van der Waals surface area (Å²) >= 11 is 0. The van der Waals surface area contributed by atoms with E-state index in [1.807, 2.05) is 0 Å². The number of carbonyl (C=O) groups is 2. The number of benzene rings is 1. The number of methoxy groups -OCH3 is 2. The molecule has 0 aliphatic heterocycles.